The predicted octanol–water partition coefficient (Wildman–Crippen LogP) is 7.39. The molecule has 0 radical (unpaired) electrons. The van der Waals surface area contributed by atoms with Crippen molar-refractivity contribution >= 4 is 0 Å². The third-order valence-corrected chi connectivity index (χ3v) is 6.39. The molecule has 2 nitrogen and oxygen atoms in total. The minimum atomic E-state index is -1.05. The van der Waals surface area contributed by atoms with Gasteiger partial charge in [-0.3, -0.25) is 4.90 Å². The van der Waals surface area contributed by atoms with Crippen LogP contribution in [0, 0.1) is 11.3 Å². The van der Waals surface area contributed by atoms with Crippen LogP contribution in [0.4, 0.5) is 8.78 Å². The highest BCUT2D eigenvalue weighted by atomic mass is 19.1. The fourth-order valence-electron chi connectivity index (χ4n) is 4.60. The minimum Gasteiger partial charge on any atom is -0.294 e. The van der Waals surface area contributed by atoms with Crippen LogP contribution in [0.5, 0.6) is 0 Å². The molecule has 2 aromatic carbocycles. The lowest BCUT2D eigenvalue weighted by atomic mass is 9.81. The molecule has 0 aromatic heterocycles. The van der Waals surface area contributed by atoms with Crippen molar-refractivity contribution in [3.05, 3.63) is 71.3 Å². The van der Waals surface area contributed by atoms with Crippen molar-refractivity contribution in [2.75, 3.05) is 0 Å². The summed E-state index contributed by atoms with van der Waals surface area (Å²) in [7, 11) is 0. The highest BCUT2D eigenvalue weighted by Gasteiger charge is 2.34. The van der Waals surface area contributed by atoms with Gasteiger partial charge in [-0.05, 0) is 69.6 Å². The first-order chi connectivity index (χ1) is 15.4. The standard InChI is InChI=1S/C26H35F2N.C2H3N/c1-19(2)29(18-22-8-5-4-6-9-22)20(3)12-13-21-14-16-23(17-15-21)26-24(27)10-7-11-25(26)28;1-2-3/h4-6,8-9,14-17,19-20,24-26H,7,10-13,18H2,1-3H3;1H3. The number of alkyl halides is 2. The lowest BCUT2D eigenvalue weighted by Gasteiger charge is -2.33. The van der Waals surface area contributed by atoms with E-state index >= 15 is 0 Å². The Morgan fingerprint density at radius 2 is 1.50 bits per heavy atom. The van der Waals surface area contributed by atoms with Gasteiger partial charge in [0.15, 0.2) is 0 Å². The van der Waals surface area contributed by atoms with E-state index in [1.807, 2.05) is 12.1 Å². The number of nitrogens with zero attached hydrogens (tertiary/aromatic N) is 2. The highest BCUT2D eigenvalue weighted by molar-refractivity contribution is 5.28. The van der Waals surface area contributed by atoms with E-state index in [1.165, 1.54) is 18.1 Å². The number of hydrogen-bond acceptors (Lipinski definition) is 2. The van der Waals surface area contributed by atoms with Gasteiger partial charge in [-0.25, -0.2) is 8.78 Å². The van der Waals surface area contributed by atoms with Gasteiger partial charge in [-0.15, -0.1) is 0 Å². The molecule has 0 saturated heterocycles. The molecule has 0 amide bonds. The highest BCUT2D eigenvalue weighted by Crippen LogP contribution is 2.37. The van der Waals surface area contributed by atoms with E-state index in [9.17, 15) is 8.78 Å². The Labute approximate surface area is 193 Å². The maximum atomic E-state index is 14.2. The number of benzene rings is 2. The Balaban J connectivity index is 0.00000114. The van der Waals surface area contributed by atoms with Gasteiger partial charge in [0.1, 0.15) is 12.3 Å². The summed E-state index contributed by atoms with van der Waals surface area (Å²) in [4.78, 5) is 2.53. The summed E-state index contributed by atoms with van der Waals surface area (Å²) in [6.07, 6.45) is 1.55. The van der Waals surface area contributed by atoms with Crippen LogP contribution < -0.4 is 0 Å². The molecule has 174 valence electrons. The van der Waals surface area contributed by atoms with Crippen LogP contribution in [0.1, 0.15) is 76.0 Å². The zero-order chi connectivity index (χ0) is 23.5. The van der Waals surface area contributed by atoms with Crippen molar-refractivity contribution in [3.63, 3.8) is 0 Å². The van der Waals surface area contributed by atoms with Crippen LogP contribution in [-0.4, -0.2) is 29.3 Å². The maximum Gasteiger partial charge on any atom is 0.110 e. The molecular weight excluding hydrogens is 402 g/mol. The largest absolute Gasteiger partial charge is 0.294 e. The molecule has 0 spiro atoms. The van der Waals surface area contributed by atoms with E-state index in [0.717, 1.165) is 24.9 Å². The second kappa shape index (κ2) is 13.3. The fourth-order valence-corrected chi connectivity index (χ4v) is 4.60. The summed E-state index contributed by atoms with van der Waals surface area (Å²) >= 11 is 0. The van der Waals surface area contributed by atoms with Gasteiger partial charge in [0.05, 0.1) is 6.07 Å². The van der Waals surface area contributed by atoms with Gasteiger partial charge in [0.2, 0.25) is 0 Å². The van der Waals surface area contributed by atoms with Crippen LogP contribution in [0.25, 0.3) is 0 Å². The quantitative estimate of drug-likeness (QED) is 0.428. The first kappa shape index (κ1) is 26.0. The van der Waals surface area contributed by atoms with Crippen LogP contribution in [-0.2, 0) is 13.0 Å². The zero-order valence-electron chi connectivity index (χ0n) is 20.0. The van der Waals surface area contributed by atoms with Crippen LogP contribution >= 0.6 is 0 Å². The van der Waals surface area contributed by atoms with Crippen molar-refractivity contribution < 1.29 is 8.78 Å². The van der Waals surface area contributed by atoms with E-state index in [4.69, 9.17) is 5.26 Å². The molecule has 0 bridgehead atoms. The van der Waals surface area contributed by atoms with Gasteiger partial charge in [0, 0.05) is 31.5 Å². The maximum absolute atomic E-state index is 14.2. The SMILES string of the molecule is CC#N.CC(C)N(Cc1ccccc1)C(C)CCc1ccc(C2C(F)CCCC2F)cc1. The molecule has 0 N–H and O–H groups in total. The molecule has 3 atom stereocenters. The average Bonchev–Trinajstić information content (AvgIpc) is 2.77. The lowest BCUT2D eigenvalue weighted by molar-refractivity contribution is 0.124. The second-order valence-corrected chi connectivity index (χ2v) is 9.09. The third-order valence-electron chi connectivity index (χ3n) is 6.39. The fraction of sp³-hybridized carbons (Fsp3) is 0.536. The second-order valence-electron chi connectivity index (χ2n) is 9.09. The number of hydrogen-bond donors (Lipinski definition) is 0. The van der Waals surface area contributed by atoms with Gasteiger partial charge in [-0.2, -0.15) is 5.26 Å². The normalized spacial score (nSPS) is 21.5. The summed E-state index contributed by atoms with van der Waals surface area (Å²) in [6, 6.07) is 21.3. The number of halogens is 2. The lowest BCUT2D eigenvalue weighted by Crippen LogP contribution is -2.38. The molecule has 3 unspecified atom stereocenters. The van der Waals surface area contributed by atoms with Crippen molar-refractivity contribution in [3.8, 4) is 6.07 Å². The molecule has 2 aromatic rings. The van der Waals surface area contributed by atoms with Gasteiger partial charge in [-0.1, -0.05) is 54.6 Å². The summed E-state index contributed by atoms with van der Waals surface area (Å²) in [5.74, 6) is -0.584. The molecular formula is C28H38F2N2. The molecule has 1 aliphatic carbocycles. The van der Waals surface area contributed by atoms with Crippen LogP contribution in [0.2, 0.25) is 0 Å². The molecule has 1 fully saturated rings. The molecule has 3 rings (SSSR count). The van der Waals surface area contributed by atoms with Gasteiger partial charge < -0.3 is 0 Å². The van der Waals surface area contributed by atoms with E-state index in [2.05, 4.69) is 68.1 Å². The number of rotatable bonds is 8. The smallest absolute Gasteiger partial charge is 0.110 e. The van der Waals surface area contributed by atoms with E-state index in [-0.39, 0.29) is 0 Å². The van der Waals surface area contributed by atoms with Crippen molar-refractivity contribution in [1.82, 2.24) is 4.90 Å². The average molecular weight is 441 g/mol. The number of nitriles is 1. The summed E-state index contributed by atoms with van der Waals surface area (Å²) in [6.45, 7) is 9.18. The molecule has 32 heavy (non-hydrogen) atoms. The Bertz CT molecular complexity index is 804. The monoisotopic (exact) mass is 440 g/mol. The third kappa shape index (κ3) is 7.71. The predicted molar refractivity (Wildman–Crippen MR) is 129 cm³/mol. The number of aryl methyl sites for hydroxylation is 1. The van der Waals surface area contributed by atoms with Crippen molar-refractivity contribution in [1.29, 1.82) is 5.26 Å². The van der Waals surface area contributed by atoms with E-state index in [0.29, 0.717) is 31.3 Å². The first-order valence-electron chi connectivity index (χ1n) is 11.8. The first-order valence-corrected chi connectivity index (χ1v) is 11.8. The van der Waals surface area contributed by atoms with Crippen molar-refractivity contribution in [2.45, 2.75) is 96.7 Å². The van der Waals surface area contributed by atoms with Crippen LogP contribution in [0.3, 0.4) is 0 Å². The Morgan fingerprint density at radius 3 is 2.03 bits per heavy atom. The topological polar surface area (TPSA) is 27.0 Å². The Hall–Kier alpha value is -2.25. The Kier molecular flexibility index (Phi) is 10.8. The summed E-state index contributed by atoms with van der Waals surface area (Å²) < 4.78 is 28.5. The van der Waals surface area contributed by atoms with Gasteiger partial charge >= 0.3 is 0 Å². The van der Waals surface area contributed by atoms with E-state index < -0.39 is 18.3 Å². The molecule has 0 heterocycles. The summed E-state index contributed by atoms with van der Waals surface area (Å²) in [5.41, 5.74) is 3.39. The van der Waals surface area contributed by atoms with Crippen LogP contribution in [0.15, 0.2) is 54.6 Å². The molecule has 1 aliphatic rings. The van der Waals surface area contributed by atoms with E-state index in [1.54, 1.807) is 6.07 Å². The molecule has 0 aliphatic heterocycles. The van der Waals surface area contributed by atoms with Crippen molar-refractivity contribution in [2.24, 2.45) is 0 Å². The minimum absolute atomic E-state index is 0.457. The molecule has 1 saturated carbocycles. The summed E-state index contributed by atoms with van der Waals surface area (Å²) in [5, 5.41) is 7.32. The molecule has 4 heteroatoms. The van der Waals surface area contributed by atoms with Gasteiger partial charge in [0.25, 0.3) is 0 Å². The zero-order valence-corrected chi connectivity index (χ0v) is 20.0. The Morgan fingerprint density at radius 1 is 0.938 bits per heavy atom.